The van der Waals surface area contributed by atoms with Crippen molar-refractivity contribution in [1.29, 1.82) is 0 Å². The Hall–Kier alpha value is -2.72. The van der Waals surface area contributed by atoms with Crippen LogP contribution >= 0.6 is 23.1 Å². The summed E-state index contributed by atoms with van der Waals surface area (Å²) >= 11 is 3.08. The topological polar surface area (TPSA) is 94.2 Å². The highest BCUT2D eigenvalue weighted by molar-refractivity contribution is 8.00. The van der Waals surface area contributed by atoms with Gasteiger partial charge in [0.2, 0.25) is 5.91 Å². The Balaban J connectivity index is 1.38. The lowest BCUT2D eigenvalue weighted by atomic mass is 10.2. The highest BCUT2D eigenvalue weighted by Crippen LogP contribution is 2.43. The summed E-state index contributed by atoms with van der Waals surface area (Å²) in [4.78, 5) is 26.3. The van der Waals surface area contributed by atoms with E-state index in [1.54, 1.807) is 28.4 Å². The van der Waals surface area contributed by atoms with Crippen molar-refractivity contribution in [3.63, 3.8) is 0 Å². The van der Waals surface area contributed by atoms with E-state index in [0.717, 1.165) is 28.7 Å². The van der Waals surface area contributed by atoms with Gasteiger partial charge in [-0.25, -0.2) is 0 Å². The summed E-state index contributed by atoms with van der Waals surface area (Å²) in [5, 5.41) is 22.4. The van der Waals surface area contributed by atoms with Crippen molar-refractivity contribution in [2.75, 3.05) is 11.4 Å². The third-order valence-electron chi connectivity index (χ3n) is 5.07. The number of nitrogens with zero attached hydrogens (tertiary/aromatic N) is 5. The molecule has 1 aliphatic carbocycles. The molecule has 1 aliphatic heterocycles. The predicted molar refractivity (Wildman–Crippen MR) is 111 cm³/mol. The van der Waals surface area contributed by atoms with Gasteiger partial charge in [-0.3, -0.25) is 19.5 Å². The lowest BCUT2D eigenvalue weighted by Gasteiger charge is -2.16. The first-order valence-corrected chi connectivity index (χ1v) is 11.1. The molecule has 2 fully saturated rings. The number of hydrogen-bond donors (Lipinski definition) is 0. The SMILES string of the molecule is O=C1C(Sc2nnc(-c3cccs3)n2C2CC2)CCN1c1cccc([N+](=O)[O-])c1. The van der Waals surface area contributed by atoms with Gasteiger partial charge < -0.3 is 4.90 Å². The third kappa shape index (κ3) is 3.42. The third-order valence-corrected chi connectivity index (χ3v) is 7.15. The number of anilines is 1. The number of rotatable bonds is 6. The van der Waals surface area contributed by atoms with Crippen LogP contribution in [0.2, 0.25) is 0 Å². The Kier molecular flexibility index (Phi) is 4.59. The van der Waals surface area contributed by atoms with Gasteiger partial charge in [0.1, 0.15) is 0 Å². The average Bonchev–Trinajstić information content (AvgIpc) is 3.11. The van der Waals surface area contributed by atoms with Crippen LogP contribution in [0.15, 0.2) is 46.9 Å². The summed E-state index contributed by atoms with van der Waals surface area (Å²) in [6, 6.07) is 10.7. The number of carbonyl (C=O) groups is 1. The molecule has 1 saturated carbocycles. The maximum atomic E-state index is 13.0. The number of nitro groups is 1. The van der Waals surface area contributed by atoms with Crippen molar-refractivity contribution in [3.05, 3.63) is 51.9 Å². The van der Waals surface area contributed by atoms with E-state index in [9.17, 15) is 14.9 Å². The van der Waals surface area contributed by atoms with Crippen molar-refractivity contribution in [1.82, 2.24) is 14.8 Å². The van der Waals surface area contributed by atoms with Gasteiger partial charge in [-0.2, -0.15) is 0 Å². The van der Waals surface area contributed by atoms with E-state index < -0.39 is 4.92 Å². The Morgan fingerprint density at radius 1 is 1.17 bits per heavy atom. The maximum absolute atomic E-state index is 13.0. The zero-order chi connectivity index (χ0) is 20.0. The molecule has 1 amide bonds. The second-order valence-corrected chi connectivity index (χ2v) is 9.16. The first-order valence-electron chi connectivity index (χ1n) is 9.33. The van der Waals surface area contributed by atoms with Crippen molar-refractivity contribution in [2.45, 2.75) is 35.7 Å². The summed E-state index contributed by atoms with van der Waals surface area (Å²) in [6.07, 6.45) is 2.86. The molecule has 3 aromatic rings. The molecule has 0 spiro atoms. The molecule has 1 aromatic carbocycles. The number of nitro benzene ring substituents is 1. The first kappa shape index (κ1) is 18.3. The van der Waals surface area contributed by atoms with E-state index in [4.69, 9.17) is 0 Å². The maximum Gasteiger partial charge on any atom is 0.271 e. The molecule has 5 rings (SSSR count). The molecule has 1 unspecified atom stereocenters. The van der Waals surface area contributed by atoms with Crippen molar-refractivity contribution >= 4 is 40.4 Å². The minimum Gasteiger partial charge on any atom is -0.311 e. The lowest BCUT2D eigenvalue weighted by Crippen LogP contribution is -2.28. The standard InChI is InChI=1S/C19H17N5O3S2/c25-18-16(8-9-22(18)13-3-1-4-14(11-13)24(26)27)29-19-21-20-17(15-5-2-10-28-15)23(19)12-6-7-12/h1-5,10-12,16H,6-9H2. The Morgan fingerprint density at radius 3 is 2.76 bits per heavy atom. The van der Waals surface area contributed by atoms with E-state index in [2.05, 4.69) is 14.8 Å². The molecule has 29 heavy (non-hydrogen) atoms. The van der Waals surface area contributed by atoms with Crippen LogP contribution in [0.25, 0.3) is 10.7 Å². The molecule has 3 heterocycles. The van der Waals surface area contributed by atoms with Gasteiger partial charge in [0, 0.05) is 24.7 Å². The van der Waals surface area contributed by atoms with E-state index >= 15 is 0 Å². The van der Waals surface area contributed by atoms with Crippen LogP contribution in [-0.2, 0) is 4.79 Å². The molecule has 8 nitrogen and oxygen atoms in total. The monoisotopic (exact) mass is 427 g/mol. The molecule has 0 N–H and O–H groups in total. The first-order chi connectivity index (χ1) is 14.1. The van der Waals surface area contributed by atoms with Gasteiger partial charge in [-0.05, 0) is 36.8 Å². The van der Waals surface area contributed by atoms with Crippen molar-refractivity contribution in [2.24, 2.45) is 0 Å². The average molecular weight is 428 g/mol. The number of benzene rings is 1. The molecule has 2 aliphatic rings. The second-order valence-electron chi connectivity index (χ2n) is 7.05. The van der Waals surface area contributed by atoms with Crippen molar-refractivity contribution < 1.29 is 9.72 Å². The molecule has 2 aromatic heterocycles. The van der Waals surface area contributed by atoms with Gasteiger partial charge in [-0.15, -0.1) is 21.5 Å². The van der Waals surface area contributed by atoms with Gasteiger partial charge in [0.25, 0.3) is 5.69 Å². The smallest absolute Gasteiger partial charge is 0.271 e. The van der Waals surface area contributed by atoms with Crippen LogP contribution in [0, 0.1) is 10.1 Å². The normalized spacial score (nSPS) is 19.1. The molecule has 1 atom stereocenters. The van der Waals surface area contributed by atoms with E-state index in [-0.39, 0.29) is 16.8 Å². The minimum atomic E-state index is -0.444. The van der Waals surface area contributed by atoms with Gasteiger partial charge in [-0.1, -0.05) is 23.9 Å². The Bertz CT molecular complexity index is 1080. The minimum absolute atomic E-state index is 0.0135. The number of hydrogen-bond acceptors (Lipinski definition) is 7. The number of thioether (sulfide) groups is 1. The predicted octanol–water partition coefficient (Wildman–Crippen LogP) is 4.15. The van der Waals surface area contributed by atoms with Crippen LogP contribution in [0.5, 0.6) is 0 Å². The molecule has 148 valence electrons. The summed E-state index contributed by atoms with van der Waals surface area (Å²) in [5.41, 5.74) is 0.552. The zero-order valence-corrected chi connectivity index (χ0v) is 16.9. The molecule has 0 bridgehead atoms. The highest BCUT2D eigenvalue weighted by Gasteiger charge is 2.37. The fourth-order valence-corrected chi connectivity index (χ4v) is 5.36. The highest BCUT2D eigenvalue weighted by atomic mass is 32.2. The van der Waals surface area contributed by atoms with Crippen LogP contribution in [0.1, 0.15) is 25.3 Å². The zero-order valence-electron chi connectivity index (χ0n) is 15.3. The van der Waals surface area contributed by atoms with Crippen LogP contribution < -0.4 is 4.90 Å². The number of non-ortho nitro benzene ring substituents is 1. The van der Waals surface area contributed by atoms with Gasteiger partial charge >= 0.3 is 0 Å². The quantitative estimate of drug-likeness (QED) is 0.433. The van der Waals surface area contributed by atoms with Gasteiger partial charge in [0.15, 0.2) is 11.0 Å². The van der Waals surface area contributed by atoms with Gasteiger partial charge in [0.05, 0.1) is 20.7 Å². The van der Waals surface area contributed by atoms with E-state index in [0.29, 0.717) is 24.7 Å². The van der Waals surface area contributed by atoms with Crippen molar-refractivity contribution in [3.8, 4) is 10.7 Å². The molecule has 10 heteroatoms. The lowest BCUT2D eigenvalue weighted by molar-refractivity contribution is -0.384. The van der Waals surface area contributed by atoms with Crippen LogP contribution in [0.4, 0.5) is 11.4 Å². The number of thiophene rings is 1. The summed E-state index contributed by atoms with van der Waals surface area (Å²) in [6.45, 7) is 0.535. The summed E-state index contributed by atoms with van der Waals surface area (Å²) in [5.74, 6) is 0.824. The summed E-state index contributed by atoms with van der Waals surface area (Å²) in [7, 11) is 0. The Morgan fingerprint density at radius 2 is 2.03 bits per heavy atom. The fraction of sp³-hybridized carbons (Fsp3) is 0.316. The second kappa shape index (κ2) is 7.27. The largest absolute Gasteiger partial charge is 0.311 e. The van der Waals surface area contributed by atoms with E-state index in [1.807, 2.05) is 17.5 Å². The summed E-state index contributed by atoms with van der Waals surface area (Å²) < 4.78 is 2.17. The molecule has 1 saturated heterocycles. The number of carbonyl (C=O) groups excluding carboxylic acids is 1. The van der Waals surface area contributed by atoms with E-state index in [1.165, 1.54) is 23.9 Å². The number of aromatic nitrogens is 3. The number of amides is 1. The fourth-order valence-electron chi connectivity index (χ4n) is 3.51. The van der Waals surface area contributed by atoms with Crippen LogP contribution in [-0.4, -0.2) is 37.4 Å². The molecular formula is C19H17N5O3S2. The molecule has 0 radical (unpaired) electrons. The Labute approximate surface area is 174 Å². The van der Waals surface area contributed by atoms with Crippen LogP contribution in [0.3, 0.4) is 0 Å². The molecular weight excluding hydrogens is 410 g/mol.